The molecule has 0 spiro atoms. The van der Waals surface area contributed by atoms with E-state index in [-0.39, 0.29) is 23.3 Å². The first-order valence-electron chi connectivity index (χ1n) is 12.3. The molecular weight excluding hydrogens is 414 g/mol. The minimum absolute atomic E-state index is 0.131. The van der Waals surface area contributed by atoms with Crippen molar-refractivity contribution in [1.29, 1.82) is 0 Å². The predicted octanol–water partition coefficient (Wildman–Crippen LogP) is 6.52. The zero-order valence-corrected chi connectivity index (χ0v) is 22.2. The third kappa shape index (κ3) is 8.82. The van der Waals surface area contributed by atoms with Gasteiger partial charge in [0.2, 0.25) is 11.8 Å². The van der Waals surface area contributed by atoms with Gasteiger partial charge in [0, 0.05) is 33.3 Å². The maximum atomic E-state index is 13.1. The number of rotatable bonds is 12. The third-order valence-corrected chi connectivity index (χ3v) is 6.57. The summed E-state index contributed by atoms with van der Waals surface area (Å²) in [5.74, 6) is -0.491. The zero-order valence-electron chi connectivity index (χ0n) is 22.2. The Kier molecular flexibility index (Phi) is 10.1. The van der Waals surface area contributed by atoms with E-state index in [1.54, 1.807) is 18.2 Å². The molecule has 0 aliphatic rings. The molecule has 0 heterocycles. The summed E-state index contributed by atoms with van der Waals surface area (Å²) in [6.45, 7) is 17.6. The van der Waals surface area contributed by atoms with Crippen LogP contribution in [0.4, 0.5) is 11.4 Å². The standard InChI is InChI=1S/C27H45N3O3/c1-10-13-14-15-27(8,9)30-22(31)19-16-20(28-23(32)25(4,5)11-2)18-21(17-19)29-24(33)26(6,7)12-3/h16-18H,10-15H2,1-9H3,(H,28,32)(H,29,33)(H,30,31). The summed E-state index contributed by atoms with van der Waals surface area (Å²) in [5.41, 5.74) is -0.0794. The van der Waals surface area contributed by atoms with Gasteiger partial charge < -0.3 is 16.0 Å². The van der Waals surface area contributed by atoms with Gasteiger partial charge in [0.05, 0.1) is 0 Å². The third-order valence-electron chi connectivity index (χ3n) is 6.57. The highest BCUT2D eigenvalue weighted by molar-refractivity contribution is 6.02. The van der Waals surface area contributed by atoms with Gasteiger partial charge in [-0.25, -0.2) is 0 Å². The maximum Gasteiger partial charge on any atom is 0.251 e. The van der Waals surface area contributed by atoms with Gasteiger partial charge in [-0.2, -0.15) is 0 Å². The lowest BCUT2D eigenvalue weighted by atomic mass is 9.89. The second-order valence-electron chi connectivity index (χ2n) is 11.0. The second kappa shape index (κ2) is 11.7. The van der Waals surface area contributed by atoms with Crippen LogP contribution in [0.1, 0.15) is 111 Å². The molecule has 0 radical (unpaired) electrons. The molecule has 6 heteroatoms. The Labute approximate surface area is 200 Å². The molecule has 186 valence electrons. The summed E-state index contributed by atoms with van der Waals surface area (Å²) in [6.07, 6.45) is 5.52. The van der Waals surface area contributed by atoms with Crippen LogP contribution in [0.5, 0.6) is 0 Å². The number of benzene rings is 1. The van der Waals surface area contributed by atoms with E-state index in [1.165, 1.54) is 0 Å². The number of carbonyl (C=O) groups is 3. The monoisotopic (exact) mass is 459 g/mol. The molecule has 0 saturated heterocycles. The van der Waals surface area contributed by atoms with Crippen LogP contribution in [0, 0.1) is 10.8 Å². The molecular formula is C27H45N3O3. The summed E-state index contributed by atoms with van der Waals surface area (Å²) in [4.78, 5) is 38.7. The van der Waals surface area contributed by atoms with Crippen LogP contribution in [0.25, 0.3) is 0 Å². The number of nitrogens with one attached hydrogen (secondary N) is 3. The van der Waals surface area contributed by atoms with Gasteiger partial charge in [0.25, 0.3) is 5.91 Å². The van der Waals surface area contributed by atoms with E-state index in [0.29, 0.717) is 29.8 Å². The van der Waals surface area contributed by atoms with Crippen LogP contribution < -0.4 is 16.0 Å². The highest BCUT2D eigenvalue weighted by Gasteiger charge is 2.28. The van der Waals surface area contributed by atoms with Crippen molar-refractivity contribution < 1.29 is 14.4 Å². The Morgan fingerprint density at radius 3 is 1.58 bits per heavy atom. The molecule has 0 unspecified atom stereocenters. The van der Waals surface area contributed by atoms with Crippen molar-refractivity contribution in [2.75, 3.05) is 10.6 Å². The maximum absolute atomic E-state index is 13.1. The van der Waals surface area contributed by atoms with E-state index >= 15 is 0 Å². The molecule has 0 fully saturated rings. The Hall–Kier alpha value is -2.37. The Morgan fingerprint density at radius 1 is 0.727 bits per heavy atom. The first-order valence-corrected chi connectivity index (χ1v) is 12.3. The van der Waals surface area contributed by atoms with Gasteiger partial charge in [0.15, 0.2) is 0 Å². The fourth-order valence-electron chi connectivity index (χ4n) is 3.08. The molecule has 0 saturated carbocycles. The molecule has 0 aliphatic heterocycles. The number of amides is 3. The first-order chi connectivity index (χ1) is 15.2. The Balaban J connectivity index is 3.25. The molecule has 1 rings (SSSR count). The summed E-state index contributed by atoms with van der Waals surface area (Å²) in [6, 6.07) is 5.04. The van der Waals surface area contributed by atoms with Crippen LogP contribution in [0.2, 0.25) is 0 Å². The van der Waals surface area contributed by atoms with Crippen molar-refractivity contribution in [3.63, 3.8) is 0 Å². The predicted molar refractivity (Wildman–Crippen MR) is 138 cm³/mol. The normalized spacial score (nSPS) is 12.3. The topological polar surface area (TPSA) is 87.3 Å². The lowest BCUT2D eigenvalue weighted by Gasteiger charge is -2.27. The number of anilines is 2. The van der Waals surface area contributed by atoms with Crippen molar-refractivity contribution >= 4 is 29.1 Å². The minimum Gasteiger partial charge on any atom is -0.347 e. The van der Waals surface area contributed by atoms with Crippen LogP contribution >= 0.6 is 0 Å². The van der Waals surface area contributed by atoms with Crippen LogP contribution in [0.3, 0.4) is 0 Å². The molecule has 1 aromatic rings. The number of unbranched alkanes of at least 4 members (excludes halogenated alkanes) is 2. The van der Waals surface area contributed by atoms with Gasteiger partial charge >= 0.3 is 0 Å². The highest BCUT2D eigenvalue weighted by atomic mass is 16.2. The smallest absolute Gasteiger partial charge is 0.251 e. The zero-order chi connectivity index (χ0) is 25.4. The van der Waals surface area contributed by atoms with Gasteiger partial charge in [-0.3, -0.25) is 14.4 Å². The first kappa shape index (κ1) is 28.7. The van der Waals surface area contributed by atoms with E-state index in [4.69, 9.17) is 0 Å². The van der Waals surface area contributed by atoms with Crippen LogP contribution in [-0.4, -0.2) is 23.3 Å². The average Bonchev–Trinajstić information content (AvgIpc) is 2.73. The number of carbonyl (C=O) groups excluding carboxylic acids is 3. The minimum atomic E-state index is -0.548. The highest BCUT2D eigenvalue weighted by Crippen LogP contribution is 2.27. The molecule has 6 nitrogen and oxygen atoms in total. The molecule has 3 N–H and O–H groups in total. The van der Waals surface area contributed by atoms with Crippen LogP contribution in [0.15, 0.2) is 18.2 Å². The largest absolute Gasteiger partial charge is 0.347 e. The number of hydrogen-bond acceptors (Lipinski definition) is 3. The van der Waals surface area contributed by atoms with E-state index < -0.39 is 10.8 Å². The molecule has 0 aromatic heterocycles. The van der Waals surface area contributed by atoms with Gasteiger partial charge in [-0.15, -0.1) is 0 Å². The molecule has 0 aliphatic carbocycles. The second-order valence-corrected chi connectivity index (χ2v) is 11.0. The lowest BCUT2D eigenvalue weighted by Crippen LogP contribution is -2.43. The summed E-state index contributed by atoms with van der Waals surface area (Å²) >= 11 is 0. The van der Waals surface area contributed by atoms with Crippen molar-refractivity contribution in [3.8, 4) is 0 Å². The van der Waals surface area contributed by atoms with Crippen LogP contribution in [-0.2, 0) is 9.59 Å². The van der Waals surface area contributed by atoms with Gasteiger partial charge in [-0.1, -0.05) is 67.7 Å². The van der Waals surface area contributed by atoms with E-state index in [1.807, 2.05) is 55.4 Å². The lowest BCUT2D eigenvalue weighted by molar-refractivity contribution is -0.124. The van der Waals surface area contributed by atoms with Crippen molar-refractivity contribution in [1.82, 2.24) is 5.32 Å². The molecule has 3 amide bonds. The molecule has 1 aromatic carbocycles. The molecule has 0 atom stereocenters. The summed E-state index contributed by atoms with van der Waals surface area (Å²) in [5, 5.41) is 8.97. The summed E-state index contributed by atoms with van der Waals surface area (Å²) < 4.78 is 0. The van der Waals surface area contributed by atoms with E-state index in [0.717, 1.165) is 25.7 Å². The van der Waals surface area contributed by atoms with Crippen molar-refractivity contribution in [3.05, 3.63) is 23.8 Å². The van der Waals surface area contributed by atoms with Crippen molar-refractivity contribution in [2.45, 2.75) is 106 Å². The molecule has 33 heavy (non-hydrogen) atoms. The fourth-order valence-corrected chi connectivity index (χ4v) is 3.08. The Morgan fingerprint density at radius 2 is 1.18 bits per heavy atom. The van der Waals surface area contributed by atoms with Gasteiger partial charge in [0.1, 0.15) is 0 Å². The summed E-state index contributed by atoms with van der Waals surface area (Å²) in [7, 11) is 0. The van der Waals surface area contributed by atoms with Crippen molar-refractivity contribution in [2.24, 2.45) is 10.8 Å². The fraction of sp³-hybridized carbons (Fsp3) is 0.667. The number of hydrogen-bond donors (Lipinski definition) is 3. The quantitative estimate of drug-likeness (QED) is 0.311. The Bertz CT molecular complexity index is 793. The van der Waals surface area contributed by atoms with Gasteiger partial charge in [-0.05, 0) is 51.3 Å². The van der Waals surface area contributed by atoms with E-state index in [2.05, 4.69) is 22.9 Å². The molecule has 0 bridgehead atoms. The SMILES string of the molecule is CCCCCC(C)(C)NC(=O)c1cc(NC(=O)C(C)(C)CC)cc(NC(=O)C(C)(C)CC)c1. The van der Waals surface area contributed by atoms with E-state index in [9.17, 15) is 14.4 Å². The average molecular weight is 460 g/mol.